The molecule has 1 rings (SSSR count). The molecule has 0 heterocycles. The molecule has 0 bridgehead atoms. The number of rotatable bonds is 8. The van der Waals surface area contributed by atoms with Crippen molar-refractivity contribution >= 4 is 0 Å². The van der Waals surface area contributed by atoms with E-state index in [1.807, 2.05) is 13.1 Å². The Kier molecular flexibility index (Phi) is 6.81. The molecule has 2 nitrogen and oxygen atoms in total. The number of nitrogens with one attached hydrogen (secondary N) is 1. The van der Waals surface area contributed by atoms with Gasteiger partial charge in [-0.25, -0.2) is 0 Å². The van der Waals surface area contributed by atoms with Crippen LogP contribution in [0.5, 0.6) is 5.75 Å². The van der Waals surface area contributed by atoms with Gasteiger partial charge in [-0.3, -0.25) is 0 Å². The van der Waals surface area contributed by atoms with Crippen molar-refractivity contribution in [2.24, 2.45) is 5.92 Å². The van der Waals surface area contributed by atoms with Crippen molar-refractivity contribution in [1.82, 2.24) is 5.32 Å². The number of hydrogen-bond donors (Lipinski definition) is 1. The minimum absolute atomic E-state index is 0.389. The Labute approximate surface area is 112 Å². The average Bonchev–Trinajstić information content (AvgIpc) is 2.38. The smallest absolute Gasteiger partial charge is 0.124 e. The molecule has 2 heteroatoms. The summed E-state index contributed by atoms with van der Waals surface area (Å²) in [6.07, 6.45) is 3.43. The van der Waals surface area contributed by atoms with Gasteiger partial charge in [-0.1, -0.05) is 39.0 Å². The molecule has 1 aromatic carbocycles. The van der Waals surface area contributed by atoms with E-state index in [2.05, 4.69) is 44.3 Å². The van der Waals surface area contributed by atoms with Crippen LogP contribution < -0.4 is 10.1 Å². The molecule has 18 heavy (non-hydrogen) atoms. The zero-order chi connectivity index (χ0) is 13.4. The van der Waals surface area contributed by atoms with Gasteiger partial charge < -0.3 is 10.1 Å². The van der Waals surface area contributed by atoms with Crippen LogP contribution in [0, 0.1) is 5.92 Å². The Balaban J connectivity index is 2.76. The monoisotopic (exact) mass is 249 g/mol. The normalized spacial score (nSPS) is 12.7. The van der Waals surface area contributed by atoms with Crippen LogP contribution in [0.2, 0.25) is 0 Å². The maximum absolute atomic E-state index is 5.84. The SMILES string of the molecule is CCCOc1ccccc1C(CCC(C)C)NC. The molecule has 1 aromatic rings. The quantitative estimate of drug-likeness (QED) is 0.746. The molecular weight excluding hydrogens is 222 g/mol. The summed E-state index contributed by atoms with van der Waals surface area (Å²) < 4.78 is 5.84. The second-order valence-electron chi connectivity index (χ2n) is 5.20. The van der Waals surface area contributed by atoms with Crippen molar-refractivity contribution in [2.75, 3.05) is 13.7 Å². The molecule has 0 aliphatic rings. The van der Waals surface area contributed by atoms with E-state index in [1.54, 1.807) is 0 Å². The molecule has 102 valence electrons. The Bertz CT molecular complexity index is 336. The Hall–Kier alpha value is -1.02. The van der Waals surface area contributed by atoms with Crippen LogP contribution >= 0.6 is 0 Å². The number of ether oxygens (including phenoxy) is 1. The second kappa shape index (κ2) is 8.15. The van der Waals surface area contributed by atoms with Crippen molar-refractivity contribution in [1.29, 1.82) is 0 Å². The van der Waals surface area contributed by atoms with Gasteiger partial charge in [0.25, 0.3) is 0 Å². The molecular formula is C16H27NO. The average molecular weight is 249 g/mol. The second-order valence-corrected chi connectivity index (χ2v) is 5.20. The lowest BCUT2D eigenvalue weighted by atomic mass is 9.97. The lowest BCUT2D eigenvalue weighted by Crippen LogP contribution is -2.18. The van der Waals surface area contributed by atoms with Crippen molar-refractivity contribution < 1.29 is 4.74 Å². The fourth-order valence-corrected chi connectivity index (χ4v) is 2.07. The molecule has 0 radical (unpaired) electrons. The van der Waals surface area contributed by atoms with E-state index in [1.165, 1.54) is 12.0 Å². The first-order chi connectivity index (χ1) is 8.69. The highest BCUT2D eigenvalue weighted by Crippen LogP contribution is 2.29. The van der Waals surface area contributed by atoms with E-state index in [-0.39, 0.29) is 0 Å². The molecule has 1 unspecified atom stereocenters. The summed E-state index contributed by atoms with van der Waals surface area (Å²) in [6.45, 7) is 7.47. The zero-order valence-electron chi connectivity index (χ0n) is 12.2. The van der Waals surface area contributed by atoms with Crippen LogP contribution in [-0.4, -0.2) is 13.7 Å². The van der Waals surface area contributed by atoms with Gasteiger partial charge in [-0.2, -0.15) is 0 Å². The van der Waals surface area contributed by atoms with Crippen molar-refractivity contribution in [3.63, 3.8) is 0 Å². The van der Waals surface area contributed by atoms with E-state index in [0.717, 1.165) is 31.1 Å². The standard InChI is InChI=1S/C16H27NO/c1-5-12-18-16-9-7-6-8-14(16)15(17-4)11-10-13(2)3/h6-9,13,15,17H,5,10-12H2,1-4H3. The predicted molar refractivity (Wildman–Crippen MR) is 78.1 cm³/mol. The number of para-hydroxylation sites is 1. The van der Waals surface area contributed by atoms with E-state index < -0.39 is 0 Å². The van der Waals surface area contributed by atoms with E-state index >= 15 is 0 Å². The summed E-state index contributed by atoms with van der Waals surface area (Å²) in [5, 5.41) is 3.41. The van der Waals surface area contributed by atoms with Gasteiger partial charge in [0, 0.05) is 11.6 Å². The molecule has 1 N–H and O–H groups in total. The van der Waals surface area contributed by atoms with Gasteiger partial charge in [0.2, 0.25) is 0 Å². The maximum atomic E-state index is 5.84. The lowest BCUT2D eigenvalue weighted by Gasteiger charge is -2.21. The van der Waals surface area contributed by atoms with Crippen LogP contribution in [0.1, 0.15) is 51.6 Å². The van der Waals surface area contributed by atoms with Crippen LogP contribution in [0.15, 0.2) is 24.3 Å². The third-order valence-electron chi connectivity index (χ3n) is 3.14. The topological polar surface area (TPSA) is 21.3 Å². The van der Waals surface area contributed by atoms with Gasteiger partial charge in [-0.15, -0.1) is 0 Å². The van der Waals surface area contributed by atoms with Crippen LogP contribution in [0.4, 0.5) is 0 Å². The number of hydrogen-bond acceptors (Lipinski definition) is 2. The Morgan fingerprint density at radius 3 is 2.50 bits per heavy atom. The first-order valence-electron chi connectivity index (χ1n) is 7.08. The third kappa shape index (κ3) is 4.69. The summed E-state index contributed by atoms with van der Waals surface area (Å²) in [5.74, 6) is 1.77. The van der Waals surface area contributed by atoms with Crippen LogP contribution in [0.25, 0.3) is 0 Å². The molecule has 1 atom stereocenters. The van der Waals surface area contributed by atoms with E-state index in [9.17, 15) is 0 Å². The Morgan fingerprint density at radius 2 is 1.89 bits per heavy atom. The predicted octanol–water partition coefficient (Wildman–Crippen LogP) is 4.17. The Morgan fingerprint density at radius 1 is 1.17 bits per heavy atom. The molecule has 0 amide bonds. The molecule has 0 aromatic heterocycles. The molecule has 0 spiro atoms. The summed E-state index contributed by atoms with van der Waals surface area (Å²) in [7, 11) is 2.03. The molecule has 0 saturated carbocycles. The first kappa shape index (κ1) is 15.0. The summed E-state index contributed by atoms with van der Waals surface area (Å²) >= 11 is 0. The maximum Gasteiger partial charge on any atom is 0.124 e. The summed E-state index contributed by atoms with van der Waals surface area (Å²) in [4.78, 5) is 0. The van der Waals surface area contributed by atoms with Gasteiger partial charge in [0.05, 0.1) is 6.61 Å². The fraction of sp³-hybridized carbons (Fsp3) is 0.625. The largest absolute Gasteiger partial charge is 0.493 e. The van der Waals surface area contributed by atoms with Crippen molar-refractivity contribution in [3.05, 3.63) is 29.8 Å². The summed E-state index contributed by atoms with van der Waals surface area (Å²) in [5.41, 5.74) is 1.29. The van der Waals surface area contributed by atoms with Crippen LogP contribution in [0.3, 0.4) is 0 Å². The number of benzene rings is 1. The zero-order valence-corrected chi connectivity index (χ0v) is 12.2. The summed E-state index contributed by atoms with van der Waals surface area (Å²) in [6, 6.07) is 8.77. The third-order valence-corrected chi connectivity index (χ3v) is 3.14. The van der Waals surface area contributed by atoms with Gasteiger partial charge in [0.1, 0.15) is 5.75 Å². The minimum Gasteiger partial charge on any atom is -0.493 e. The molecule has 0 aliphatic carbocycles. The first-order valence-corrected chi connectivity index (χ1v) is 7.08. The van der Waals surface area contributed by atoms with Crippen molar-refractivity contribution in [3.8, 4) is 5.75 Å². The molecule has 0 aliphatic heterocycles. The highest BCUT2D eigenvalue weighted by atomic mass is 16.5. The minimum atomic E-state index is 0.389. The molecule has 0 fully saturated rings. The van der Waals surface area contributed by atoms with Crippen LogP contribution in [-0.2, 0) is 0 Å². The highest BCUT2D eigenvalue weighted by molar-refractivity contribution is 5.35. The lowest BCUT2D eigenvalue weighted by molar-refractivity contribution is 0.308. The van der Waals surface area contributed by atoms with Crippen molar-refractivity contribution in [2.45, 2.75) is 46.1 Å². The fourth-order valence-electron chi connectivity index (χ4n) is 2.07. The van der Waals surface area contributed by atoms with E-state index in [0.29, 0.717) is 6.04 Å². The van der Waals surface area contributed by atoms with E-state index in [4.69, 9.17) is 4.74 Å². The van der Waals surface area contributed by atoms with Gasteiger partial charge in [-0.05, 0) is 38.3 Å². The molecule has 0 saturated heterocycles. The highest BCUT2D eigenvalue weighted by Gasteiger charge is 2.14. The van der Waals surface area contributed by atoms with Gasteiger partial charge in [0.15, 0.2) is 0 Å². The van der Waals surface area contributed by atoms with Gasteiger partial charge >= 0.3 is 0 Å².